The molecule has 3 heteroatoms. The van der Waals surface area contributed by atoms with Crippen LogP contribution in [-0.4, -0.2) is 38.9 Å². The lowest BCUT2D eigenvalue weighted by molar-refractivity contribution is 0.189. The monoisotopic (exact) mass is 198 g/mol. The maximum atomic E-state index is 5.35. The zero-order valence-corrected chi connectivity index (χ0v) is 8.93. The van der Waals surface area contributed by atoms with Gasteiger partial charge in [0.1, 0.15) is 0 Å². The van der Waals surface area contributed by atoms with Crippen molar-refractivity contribution in [2.24, 2.45) is 5.92 Å². The van der Waals surface area contributed by atoms with Crippen LogP contribution in [0.1, 0.15) is 25.7 Å². The summed E-state index contributed by atoms with van der Waals surface area (Å²) in [5.41, 5.74) is 0. The minimum atomic E-state index is 0.631. The Morgan fingerprint density at radius 2 is 2.21 bits per heavy atom. The first-order chi connectivity index (χ1) is 6.95. The number of hydrogen-bond donors (Lipinski definition) is 2. The van der Waals surface area contributed by atoms with Crippen LogP contribution in [0.3, 0.4) is 0 Å². The van der Waals surface area contributed by atoms with Crippen LogP contribution >= 0.6 is 0 Å². The number of rotatable bonds is 3. The van der Waals surface area contributed by atoms with Gasteiger partial charge in [0.2, 0.25) is 0 Å². The molecule has 2 fully saturated rings. The first-order valence-electron chi connectivity index (χ1n) is 5.97. The largest absolute Gasteiger partial charge is 0.380 e. The highest BCUT2D eigenvalue weighted by molar-refractivity contribution is 4.75. The molecule has 0 aromatic rings. The van der Waals surface area contributed by atoms with E-state index in [0.717, 1.165) is 19.1 Å². The fraction of sp³-hybridized carbons (Fsp3) is 1.00. The molecule has 2 saturated heterocycles. The van der Waals surface area contributed by atoms with E-state index in [1.807, 2.05) is 0 Å². The Balaban J connectivity index is 1.62. The minimum Gasteiger partial charge on any atom is -0.380 e. The number of nitrogens with one attached hydrogen (secondary N) is 2. The Morgan fingerprint density at radius 1 is 1.21 bits per heavy atom. The van der Waals surface area contributed by atoms with Crippen molar-refractivity contribution in [1.82, 2.24) is 10.6 Å². The van der Waals surface area contributed by atoms with Crippen molar-refractivity contribution in [3.63, 3.8) is 0 Å². The Labute approximate surface area is 86.6 Å². The second kappa shape index (κ2) is 5.69. The third-order valence-electron chi connectivity index (χ3n) is 3.32. The van der Waals surface area contributed by atoms with Gasteiger partial charge in [-0.3, -0.25) is 0 Å². The zero-order chi connectivity index (χ0) is 9.64. The summed E-state index contributed by atoms with van der Waals surface area (Å²) in [6.07, 6.45) is 5.26. The van der Waals surface area contributed by atoms with Gasteiger partial charge in [-0.25, -0.2) is 0 Å². The van der Waals surface area contributed by atoms with Crippen molar-refractivity contribution < 1.29 is 4.74 Å². The molecule has 2 heterocycles. The molecule has 0 aromatic carbocycles. The smallest absolute Gasteiger partial charge is 0.0620 e. The van der Waals surface area contributed by atoms with Gasteiger partial charge in [0.25, 0.3) is 0 Å². The number of hydrogen-bond acceptors (Lipinski definition) is 3. The predicted octanol–water partition coefficient (Wildman–Crippen LogP) is 0.755. The molecule has 0 amide bonds. The summed E-state index contributed by atoms with van der Waals surface area (Å²) in [7, 11) is 0. The highest BCUT2D eigenvalue weighted by atomic mass is 16.5. The average molecular weight is 198 g/mol. The van der Waals surface area contributed by atoms with Crippen molar-refractivity contribution in [3.05, 3.63) is 0 Å². The van der Waals surface area contributed by atoms with Crippen LogP contribution in [0, 0.1) is 5.92 Å². The number of ether oxygens (including phenoxy) is 1. The first-order valence-corrected chi connectivity index (χ1v) is 5.97. The van der Waals surface area contributed by atoms with Gasteiger partial charge >= 0.3 is 0 Å². The SMILES string of the molecule is C1CNCCC(CNC2CCOC2)C1. The van der Waals surface area contributed by atoms with Gasteiger partial charge in [0, 0.05) is 12.6 Å². The van der Waals surface area contributed by atoms with Gasteiger partial charge in [-0.05, 0) is 51.2 Å². The van der Waals surface area contributed by atoms with E-state index < -0.39 is 0 Å². The fourth-order valence-electron chi connectivity index (χ4n) is 2.32. The highest BCUT2D eigenvalue weighted by Gasteiger charge is 2.17. The van der Waals surface area contributed by atoms with Gasteiger partial charge in [-0.15, -0.1) is 0 Å². The highest BCUT2D eigenvalue weighted by Crippen LogP contribution is 2.13. The van der Waals surface area contributed by atoms with Crippen molar-refractivity contribution in [1.29, 1.82) is 0 Å². The molecule has 3 nitrogen and oxygen atoms in total. The summed E-state index contributed by atoms with van der Waals surface area (Å²) in [5.74, 6) is 0.880. The molecule has 2 unspecified atom stereocenters. The molecule has 2 N–H and O–H groups in total. The van der Waals surface area contributed by atoms with E-state index in [9.17, 15) is 0 Å². The third-order valence-corrected chi connectivity index (χ3v) is 3.32. The Hall–Kier alpha value is -0.120. The molecule has 2 aliphatic rings. The summed E-state index contributed by atoms with van der Waals surface area (Å²) >= 11 is 0. The maximum Gasteiger partial charge on any atom is 0.0620 e. The lowest BCUT2D eigenvalue weighted by atomic mass is 10.0. The second-order valence-corrected chi connectivity index (χ2v) is 4.52. The van der Waals surface area contributed by atoms with E-state index >= 15 is 0 Å². The van der Waals surface area contributed by atoms with E-state index in [4.69, 9.17) is 4.74 Å². The molecule has 0 aromatic heterocycles. The molecule has 0 saturated carbocycles. The summed E-state index contributed by atoms with van der Waals surface area (Å²) < 4.78 is 5.35. The second-order valence-electron chi connectivity index (χ2n) is 4.52. The topological polar surface area (TPSA) is 33.3 Å². The van der Waals surface area contributed by atoms with E-state index in [-0.39, 0.29) is 0 Å². The molecule has 14 heavy (non-hydrogen) atoms. The van der Waals surface area contributed by atoms with E-state index in [1.54, 1.807) is 0 Å². The molecule has 0 aliphatic carbocycles. The molecule has 0 radical (unpaired) electrons. The van der Waals surface area contributed by atoms with Crippen LogP contribution in [0.4, 0.5) is 0 Å². The lowest BCUT2D eigenvalue weighted by Crippen LogP contribution is -2.33. The van der Waals surface area contributed by atoms with Crippen molar-refractivity contribution in [2.75, 3.05) is 32.8 Å². The van der Waals surface area contributed by atoms with Crippen molar-refractivity contribution in [3.8, 4) is 0 Å². The molecule has 82 valence electrons. The van der Waals surface area contributed by atoms with E-state index in [1.165, 1.54) is 45.3 Å². The third kappa shape index (κ3) is 3.23. The Morgan fingerprint density at radius 3 is 3.07 bits per heavy atom. The van der Waals surface area contributed by atoms with Gasteiger partial charge in [-0.1, -0.05) is 0 Å². The lowest BCUT2D eigenvalue weighted by Gasteiger charge is -2.17. The predicted molar refractivity (Wildman–Crippen MR) is 57.4 cm³/mol. The van der Waals surface area contributed by atoms with Crippen LogP contribution in [0.15, 0.2) is 0 Å². The van der Waals surface area contributed by atoms with E-state index in [0.29, 0.717) is 6.04 Å². The Kier molecular flexibility index (Phi) is 4.22. The maximum absolute atomic E-state index is 5.35. The van der Waals surface area contributed by atoms with Crippen LogP contribution in [-0.2, 0) is 4.74 Å². The molecule has 2 aliphatic heterocycles. The molecule has 2 rings (SSSR count). The van der Waals surface area contributed by atoms with Gasteiger partial charge in [-0.2, -0.15) is 0 Å². The Bertz CT molecular complexity index is 149. The first kappa shape index (κ1) is 10.4. The van der Waals surface area contributed by atoms with Crippen molar-refractivity contribution >= 4 is 0 Å². The summed E-state index contributed by atoms with van der Waals surface area (Å²) in [6, 6.07) is 0.631. The summed E-state index contributed by atoms with van der Waals surface area (Å²) in [6.45, 7) is 5.47. The molecule has 0 bridgehead atoms. The molecular weight excluding hydrogens is 176 g/mol. The molecule has 0 spiro atoms. The van der Waals surface area contributed by atoms with E-state index in [2.05, 4.69) is 10.6 Å². The molecule has 2 atom stereocenters. The zero-order valence-electron chi connectivity index (χ0n) is 8.93. The normalized spacial score (nSPS) is 34.3. The summed E-state index contributed by atoms with van der Waals surface area (Å²) in [4.78, 5) is 0. The van der Waals surface area contributed by atoms with Gasteiger partial charge in [0.05, 0.1) is 6.61 Å². The fourth-order valence-corrected chi connectivity index (χ4v) is 2.32. The summed E-state index contributed by atoms with van der Waals surface area (Å²) in [5, 5.41) is 7.08. The average Bonchev–Trinajstić information content (AvgIpc) is 2.58. The standard InChI is InChI=1S/C11H22N2O/c1-2-10(3-6-12-5-1)8-13-11-4-7-14-9-11/h10-13H,1-9H2. The van der Waals surface area contributed by atoms with Crippen LogP contribution in [0.2, 0.25) is 0 Å². The van der Waals surface area contributed by atoms with Crippen molar-refractivity contribution in [2.45, 2.75) is 31.7 Å². The van der Waals surface area contributed by atoms with Crippen LogP contribution in [0.25, 0.3) is 0 Å². The van der Waals surface area contributed by atoms with Gasteiger partial charge in [0.15, 0.2) is 0 Å². The molecular formula is C11H22N2O. The quantitative estimate of drug-likeness (QED) is 0.702. The van der Waals surface area contributed by atoms with Crippen LogP contribution in [0.5, 0.6) is 0 Å². The minimum absolute atomic E-state index is 0.631. The van der Waals surface area contributed by atoms with Gasteiger partial charge < -0.3 is 15.4 Å². The van der Waals surface area contributed by atoms with Crippen LogP contribution < -0.4 is 10.6 Å².